The molecule has 1 aromatic rings. The summed E-state index contributed by atoms with van der Waals surface area (Å²) < 4.78 is 14.4. The van der Waals surface area contributed by atoms with Crippen LogP contribution in [0.2, 0.25) is 0 Å². The molecule has 0 spiro atoms. The molecule has 0 saturated heterocycles. The van der Waals surface area contributed by atoms with Crippen molar-refractivity contribution in [2.45, 2.75) is 45.1 Å². The zero-order valence-electron chi connectivity index (χ0n) is 11.8. The SMILES string of the molecule is CCC1CCCCC1C(NC)c1cc(F)cc(Br)c1. The quantitative estimate of drug-likeness (QED) is 0.814. The Bertz CT molecular complexity index is 401. The van der Waals surface area contributed by atoms with Gasteiger partial charge in [-0.1, -0.05) is 48.5 Å². The van der Waals surface area contributed by atoms with Crippen LogP contribution in [0.1, 0.15) is 50.6 Å². The van der Waals surface area contributed by atoms with Crippen molar-refractivity contribution < 1.29 is 4.39 Å². The van der Waals surface area contributed by atoms with Crippen molar-refractivity contribution in [3.63, 3.8) is 0 Å². The number of nitrogens with one attached hydrogen (secondary N) is 1. The minimum Gasteiger partial charge on any atom is -0.313 e. The van der Waals surface area contributed by atoms with Crippen molar-refractivity contribution in [3.8, 4) is 0 Å². The van der Waals surface area contributed by atoms with E-state index in [0.29, 0.717) is 5.92 Å². The van der Waals surface area contributed by atoms with Gasteiger partial charge in [-0.3, -0.25) is 0 Å². The second-order valence-corrected chi connectivity index (χ2v) is 6.50. The topological polar surface area (TPSA) is 12.0 Å². The van der Waals surface area contributed by atoms with Gasteiger partial charge in [-0.05, 0) is 49.1 Å². The molecule has 0 aliphatic heterocycles. The van der Waals surface area contributed by atoms with Crippen molar-refractivity contribution in [2.24, 2.45) is 11.8 Å². The van der Waals surface area contributed by atoms with Crippen molar-refractivity contribution in [2.75, 3.05) is 7.05 Å². The first-order chi connectivity index (χ1) is 9.15. The molecular formula is C16H23BrFN. The number of benzene rings is 1. The molecule has 1 saturated carbocycles. The van der Waals surface area contributed by atoms with E-state index in [1.807, 2.05) is 13.1 Å². The maximum Gasteiger partial charge on any atom is 0.124 e. The van der Waals surface area contributed by atoms with E-state index in [1.54, 1.807) is 6.07 Å². The predicted octanol–water partition coefficient (Wildman–Crippen LogP) is 5.07. The van der Waals surface area contributed by atoms with Crippen LogP contribution >= 0.6 is 15.9 Å². The van der Waals surface area contributed by atoms with E-state index in [1.165, 1.54) is 38.2 Å². The Balaban J connectivity index is 2.27. The highest BCUT2D eigenvalue weighted by Crippen LogP contribution is 2.40. The molecule has 1 fully saturated rings. The summed E-state index contributed by atoms with van der Waals surface area (Å²) >= 11 is 3.40. The summed E-state index contributed by atoms with van der Waals surface area (Å²) in [5.74, 6) is 1.22. The van der Waals surface area contributed by atoms with Gasteiger partial charge < -0.3 is 5.32 Å². The second kappa shape index (κ2) is 6.85. The van der Waals surface area contributed by atoms with E-state index in [2.05, 4.69) is 28.2 Å². The first kappa shape index (κ1) is 15.0. The smallest absolute Gasteiger partial charge is 0.124 e. The molecule has 0 amide bonds. The van der Waals surface area contributed by atoms with Gasteiger partial charge in [-0.25, -0.2) is 4.39 Å². The van der Waals surface area contributed by atoms with Crippen molar-refractivity contribution >= 4 is 15.9 Å². The third-order valence-electron chi connectivity index (χ3n) is 4.48. The van der Waals surface area contributed by atoms with E-state index < -0.39 is 0 Å². The van der Waals surface area contributed by atoms with E-state index >= 15 is 0 Å². The zero-order valence-corrected chi connectivity index (χ0v) is 13.3. The summed E-state index contributed by atoms with van der Waals surface area (Å²) in [6.07, 6.45) is 6.43. The second-order valence-electron chi connectivity index (χ2n) is 5.59. The van der Waals surface area contributed by atoms with Crippen LogP contribution in [0, 0.1) is 17.7 Å². The van der Waals surface area contributed by atoms with Gasteiger partial charge >= 0.3 is 0 Å². The molecule has 1 N–H and O–H groups in total. The molecule has 3 heteroatoms. The molecule has 3 atom stereocenters. The van der Waals surface area contributed by atoms with Gasteiger partial charge in [-0.15, -0.1) is 0 Å². The Hall–Kier alpha value is -0.410. The van der Waals surface area contributed by atoms with E-state index in [0.717, 1.165) is 16.0 Å². The van der Waals surface area contributed by atoms with Crippen LogP contribution in [0.5, 0.6) is 0 Å². The van der Waals surface area contributed by atoms with Crippen LogP contribution in [-0.4, -0.2) is 7.05 Å². The highest BCUT2D eigenvalue weighted by Gasteiger charge is 2.31. The molecule has 106 valence electrons. The molecule has 1 aromatic carbocycles. The number of halogens is 2. The minimum absolute atomic E-state index is 0.159. The average molecular weight is 328 g/mol. The lowest BCUT2D eigenvalue weighted by Crippen LogP contribution is -2.32. The third kappa shape index (κ3) is 3.57. The molecule has 0 radical (unpaired) electrons. The lowest BCUT2D eigenvalue weighted by atomic mass is 9.72. The summed E-state index contributed by atoms with van der Waals surface area (Å²) in [5.41, 5.74) is 1.07. The van der Waals surface area contributed by atoms with Gasteiger partial charge in [-0.2, -0.15) is 0 Å². The highest BCUT2D eigenvalue weighted by atomic mass is 79.9. The van der Waals surface area contributed by atoms with Gasteiger partial charge in [0.25, 0.3) is 0 Å². The van der Waals surface area contributed by atoms with Crippen LogP contribution in [0.4, 0.5) is 4.39 Å². The fourth-order valence-corrected chi connectivity index (χ4v) is 4.05. The maximum absolute atomic E-state index is 13.6. The normalized spacial score (nSPS) is 25.3. The van der Waals surface area contributed by atoms with Crippen molar-refractivity contribution in [1.29, 1.82) is 0 Å². The monoisotopic (exact) mass is 327 g/mol. The first-order valence-corrected chi connectivity index (χ1v) is 8.08. The molecule has 3 unspecified atom stereocenters. The fourth-order valence-electron chi connectivity index (χ4n) is 3.56. The molecule has 1 aliphatic carbocycles. The van der Waals surface area contributed by atoms with Gasteiger partial charge in [0, 0.05) is 10.5 Å². The number of rotatable bonds is 4. The Morgan fingerprint density at radius 3 is 2.68 bits per heavy atom. The van der Waals surface area contributed by atoms with Crippen molar-refractivity contribution in [3.05, 3.63) is 34.1 Å². The van der Waals surface area contributed by atoms with E-state index in [9.17, 15) is 4.39 Å². The van der Waals surface area contributed by atoms with Gasteiger partial charge in [0.2, 0.25) is 0 Å². The predicted molar refractivity (Wildman–Crippen MR) is 81.6 cm³/mol. The maximum atomic E-state index is 13.6. The largest absolute Gasteiger partial charge is 0.313 e. The molecule has 0 bridgehead atoms. The van der Waals surface area contributed by atoms with Gasteiger partial charge in [0.05, 0.1) is 0 Å². The summed E-state index contributed by atoms with van der Waals surface area (Å²) in [5, 5.41) is 3.42. The van der Waals surface area contributed by atoms with Crippen LogP contribution in [0.15, 0.2) is 22.7 Å². The molecule has 2 rings (SSSR count). The third-order valence-corrected chi connectivity index (χ3v) is 4.93. The van der Waals surface area contributed by atoms with E-state index in [-0.39, 0.29) is 11.9 Å². The standard InChI is InChI=1S/C16H23BrFN/c1-3-11-6-4-5-7-15(11)16(19-2)12-8-13(17)10-14(18)9-12/h8-11,15-16,19H,3-7H2,1-2H3. The molecule has 1 aliphatic rings. The first-order valence-electron chi connectivity index (χ1n) is 7.29. The molecule has 19 heavy (non-hydrogen) atoms. The molecule has 0 heterocycles. The summed E-state index contributed by atoms with van der Waals surface area (Å²) in [4.78, 5) is 0. The lowest BCUT2D eigenvalue weighted by molar-refractivity contribution is 0.180. The number of hydrogen-bond donors (Lipinski definition) is 1. The fraction of sp³-hybridized carbons (Fsp3) is 0.625. The Kier molecular flexibility index (Phi) is 5.40. The molecular weight excluding hydrogens is 305 g/mol. The Morgan fingerprint density at radius 1 is 1.32 bits per heavy atom. The lowest BCUT2D eigenvalue weighted by Gasteiger charge is -2.37. The van der Waals surface area contributed by atoms with Crippen LogP contribution in [0.3, 0.4) is 0 Å². The van der Waals surface area contributed by atoms with Crippen LogP contribution < -0.4 is 5.32 Å². The number of hydrogen-bond acceptors (Lipinski definition) is 1. The summed E-state index contributed by atoms with van der Waals surface area (Å²) in [6, 6.07) is 5.50. The van der Waals surface area contributed by atoms with Gasteiger partial charge in [0.1, 0.15) is 5.82 Å². The van der Waals surface area contributed by atoms with E-state index in [4.69, 9.17) is 0 Å². The Morgan fingerprint density at radius 2 is 2.05 bits per heavy atom. The molecule has 1 nitrogen and oxygen atoms in total. The van der Waals surface area contributed by atoms with Gasteiger partial charge in [0.15, 0.2) is 0 Å². The highest BCUT2D eigenvalue weighted by molar-refractivity contribution is 9.10. The Labute approximate surface area is 124 Å². The summed E-state index contributed by atoms with van der Waals surface area (Å²) in [6.45, 7) is 2.28. The van der Waals surface area contributed by atoms with Crippen molar-refractivity contribution in [1.82, 2.24) is 5.32 Å². The zero-order chi connectivity index (χ0) is 13.8. The minimum atomic E-state index is -0.159. The van der Waals surface area contributed by atoms with Crippen LogP contribution in [-0.2, 0) is 0 Å². The summed E-state index contributed by atoms with van der Waals surface area (Å²) in [7, 11) is 1.99. The molecule has 0 aromatic heterocycles. The van der Waals surface area contributed by atoms with Crippen LogP contribution in [0.25, 0.3) is 0 Å². The average Bonchev–Trinajstić information content (AvgIpc) is 2.39.